The number of hydrogen-bond donors (Lipinski definition) is 0. The van der Waals surface area contributed by atoms with Gasteiger partial charge in [0, 0.05) is 24.5 Å². The minimum absolute atomic E-state index is 0.00737. The van der Waals surface area contributed by atoms with Gasteiger partial charge in [-0.25, -0.2) is 8.42 Å². The van der Waals surface area contributed by atoms with Gasteiger partial charge in [-0.05, 0) is 44.5 Å². The number of amides is 1. The number of rotatable bonds is 6. The Morgan fingerprint density at radius 3 is 2.17 bits per heavy atom. The summed E-state index contributed by atoms with van der Waals surface area (Å²) in [6.45, 7) is 5.98. The van der Waals surface area contributed by atoms with E-state index in [1.54, 1.807) is 4.90 Å². The maximum Gasteiger partial charge on any atom is 0.242 e. The average Bonchev–Trinajstić information content (AvgIpc) is 2.89. The zero-order valence-corrected chi connectivity index (χ0v) is 15.1. The fraction of sp³-hybridized carbons (Fsp3) is 0.562. The Labute approximate surface area is 143 Å². The summed E-state index contributed by atoms with van der Waals surface area (Å²) in [6, 6.07) is 7.32. The van der Waals surface area contributed by atoms with E-state index in [0.29, 0.717) is 12.1 Å². The maximum atomic E-state index is 12.2. The van der Waals surface area contributed by atoms with E-state index >= 15 is 0 Å². The lowest BCUT2D eigenvalue weighted by Gasteiger charge is -2.29. The van der Waals surface area contributed by atoms with Gasteiger partial charge in [-0.3, -0.25) is 4.79 Å². The molecule has 1 atom stereocenters. The Morgan fingerprint density at radius 2 is 1.74 bits per heavy atom. The summed E-state index contributed by atoms with van der Waals surface area (Å²) >= 11 is 5.72. The number of alkyl halides is 1. The van der Waals surface area contributed by atoms with Gasteiger partial charge in [0.25, 0.3) is 0 Å². The summed E-state index contributed by atoms with van der Waals surface area (Å²) in [4.78, 5) is 16.0. The standard InChI is InChI=1S/C16H23ClN2O3S/c1-3-18(4-2)13-5-7-14(8-6-13)19(16(20)11-17)15-9-10-23(21,22)12-15/h5-8,15H,3-4,9-12H2,1-2H3. The first-order valence-electron chi connectivity index (χ1n) is 7.85. The lowest BCUT2D eigenvalue weighted by Crippen LogP contribution is -2.42. The molecule has 1 aliphatic heterocycles. The third kappa shape index (κ3) is 4.18. The number of nitrogens with zero attached hydrogens (tertiary/aromatic N) is 2. The van der Waals surface area contributed by atoms with Gasteiger partial charge < -0.3 is 9.80 Å². The van der Waals surface area contributed by atoms with Gasteiger partial charge in [0.1, 0.15) is 5.88 Å². The van der Waals surface area contributed by atoms with Crippen molar-refractivity contribution in [3.63, 3.8) is 0 Å². The van der Waals surface area contributed by atoms with Gasteiger partial charge in [-0.15, -0.1) is 11.6 Å². The van der Waals surface area contributed by atoms with Gasteiger partial charge in [-0.2, -0.15) is 0 Å². The zero-order chi connectivity index (χ0) is 17.0. The highest BCUT2D eigenvalue weighted by molar-refractivity contribution is 7.91. The van der Waals surface area contributed by atoms with Gasteiger partial charge in [0.15, 0.2) is 9.84 Å². The van der Waals surface area contributed by atoms with E-state index in [-0.39, 0.29) is 29.3 Å². The molecule has 1 unspecified atom stereocenters. The predicted molar refractivity (Wildman–Crippen MR) is 95.3 cm³/mol. The van der Waals surface area contributed by atoms with Crippen LogP contribution in [-0.2, 0) is 14.6 Å². The average molecular weight is 359 g/mol. The van der Waals surface area contributed by atoms with E-state index in [1.165, 1.54) is 0 Å². The van der Waals surface area contributed by atoms with Crippen molar-refractivity contribution in [2.45, 2.75) is 26.3 Å². The van der Waals surface area contributed by atoms with Crippen LogP contribution in [-0.4, -0.2) is 50.8 Å². The minimum Gasteiger partial charge on any atom is -0.372 e. The van der Waals surface area contributed by atoms with Crippen molar-refractivity contribution >= 4 is 38.7 Å². The molecule has 1 aromatic rings. The lowest BCUT2D eigenvalue weighted by atomic mass is 10.1. The number of halogens is 1. The first kappa shape index (κ1) is 18.1. The molecule has 1 saturated heterocycles. The fourth-order valence-electron chi connectivity index (χ4n) is 3.01. The van der Waals surface area contributed by atoms with Crippen molar-refractivity contribution in [1.82, 2.24) is 0 Å². The number of hydrogen-bond acceptors (Lipinski definition) is 4. The van der Waals surface area contributed by atoms with Crippen molar-refractivity contribution < 1.29 is 13.2 Å². The minimum atomic E-state index is -3.06. The monoisotopic (exact) mass is 358 g/mol. The molecular formula is C16H23ClN2O3S. The van der Waals surface area contributed by atoms with E-state index in [2.05, 4.69) is 18.7 Å². The summed E-state index contributed by atoms with van der Waals surface area (Å²) in [5.41, 5.74) is 1.78. The molecule has 128 valence electrons. The molecule has 1 aliphatic rings. The van der Waals surface area contributed by atoms with Crippen LogP contribution in [0, 0.1) is 0 Å². The molecule has 1 amide bonds. The van der Waals surface area contributed by atoms with Crippen LogP contribution in [0.1, 0.15) is 20.3 Å². The topological polar surface area (TPSA) is 57.7 Å². The van der Waals surface area contributed by atoms with Gasteiger partial charge >= 0.3 is 0 Å². The number of anilines is 2. The molecule has 0 spiro atoms. The van der Waals surface area contributed by atoms with Crippen molar-refractivity contribution in [1.29, 1.82) is 0 Å². The van der Waals surface area contributed by atoms with E-state index in [1.807, 2.05) is 24.3 Å². The molecule has 0 aromatic heterocycles. The normalized spacial score (nSPS) is 19.5. The first-order valence-corrected chi connectivity index (χ1v) is 10.2. The Kier molecular flexibility index (Phi) is 5.92. The van der Waals surface area contributed by atoms with Crippen molar-refractivity contribution in [2.24, 2.45) is 0 Å². The Bertz CT molecular complexity index is 642. The van der Waals surface area contributed by atoms with Crippen molar-refractivity contribution in [3.05, 3.63) is 24.3 Å². The quantitative estimate of drug-likeness (QED) is 0.732. The SMILES string of the molecule is CCN(CC)c1ccc(N(C(=O)CCl)C2CCS(=O)(=O)C2)cc1. The summed E-state index contributed by atoms with van der Waals surface area (Å²) in [5.74, 6) is -0.285. The second kappa shape index (κ2) is 7.53. The molecule has 0 aliphatic carbocycles. The Balaban J connectivity index is 2.28. The van der Waals surface area contributed by atoms with Crippen molar-refractivity contribution in [2.75, 3.05) is 40.3 Å². The van der Waals surface area contributed by atoms with Crippen LogP contribution in [0.5, 0.6) is 0 Å². The Hall–Kier alpha value is -1.27. The van der Waals surface area contributed by atoms with Crippen LogP contribution in [0.2, 0.25) is 0 Å². The van der Waals surface area contributed by atoms with E-state index < -0.39 is 9.84 Å². The third-order valence-electron chi connectivity index (χ3n) is 4.21. The van der Waals surface area contributed by atoms with E-state index in [9.17, 15) is 13.2 Å². The molecule has 7 heteroatoms. The third-order valence-corrected chi connectivity index (χ3v) is 6.19. The number of benzene rings is 1. The van der Waals surface area contributed by atoms with Crippen LogP contribution >= 0.6 is 11.6 Å². The molecule has 1 fully saturated rings. The van der Waals surface area contributed by atoms with Crippen LogP contribution in [0.3, 0.4) is 0 Å². The van der Waals surface area contributed by atoms with Gasteiger partial charge in [0.05, 0.1) is 17.5 Å². The van der Waals surface area contributed by atoms with Gasteiger partial charge in [0.2, 0.25) is 5.91 Å². The fourth-order valence-corrected chi connectivity index (χ4v) is 4.84. The summed E-state index contributed by atoms with van der Waals surface area (Å²) in [7, 11) is -3.06. The second-order valence-electron chi connectivity index (χ2n) is 5.64. The molecule has 23 heavy (non-hydrogen) atoms. The molecule has 0 bridgehead atoms. The first-order chi connectivity index (χ1) is 10.9. The molecule has 5 nitrogen and oxygen atoms in total. The summed E-state index contributed by atoms with van der Waals surface area (Å²) in [5, 5.41) is 0. The molecule has 0 radical (unpaired) electrons. The highest BCUT2D eigenvalue weighted by Crippen LogP contribution is 2.27. The Morgan fingerprint density at radius 1 is 1.17 bits per heavy atom. The highest BCUT2D eigenvalue weighted by atomic mass is 35.5. The largest absolute Gasteiger partial charge is 0.372 e. The number of carbonyl (C=O) groups is 1. The van der Waals surface area contributed by atoms with Crippen LogP contribution < -0.4 is 9.80 Å². The molecular weight excluding hydrogens is 336 g/mol. The maximum absolute atomic E-state index is 12.2. The van der Waals surface area contributed by atoms with Crippen molar-refractivity contribution in [3.8, 4) is 0 Å². The van der Waals surface area contributed by atoms with E-state index in [0.717, 1.165) is 18.8 Å². The second-order valence-corrected chi connectivity index (χ2v) is 8.14. The smallest absolute Gasteiger partial charge is 0.242 e. The molecule has 0 saturated carbocycles. The molecule has 2 rings (SSSR count). The molecule has 0 N–H and O–H groups in total. The number of carbonyl (C=O) groups excluding carboxylic acids is 1. The summed E-state index contributed by atoms with van der Waals surface area (Å²) in [6.07, 6.45) is 0.461. The molecule has 1 aromatic carbocycles. The number of sulfone groups is 1. The van der Waals surface area contributed by atoms with Crippen LogP contribution in [0.15, 0.2) is 24.3 Å². The van der Waals surface area contributed by atoms with E-state index in [4.69, 9.17) is 11.6 Å². The summed E-state index contributed by atoms with van der Waals surface area (Å²) < 4.78 is 23.5. The van der Waals surface area contributed by atoms with Crippen LogP contribution in [0.25, 0.3) is 0 Å². The highest BCUT2D eigenvalue weighted by Gasteiger charge is 2.35. The molecule has 1 heterocycles. The van der Waals surface area contributed by atoms with Crippen LogP contribution in [0.4, 0.5) is 11.4 Å². The van der Waals surface area contributed by atoms with Gasteiger partial charge in [-0.1, -0.05) is 0 Å². The lowest BCUT2D eigenvalue weighted by molar-refractivity contribution is -0.116. The predicted octanol–water partition coefficient (Wildman–Crippen LogP) is 2.29. The zero-order valence-electron chi connectivity index (χ0n) is 13.5.